The fraction of sp³-hybridized carbons (Fsp3) is 0.500. The van der Waals surface area contributed by atoms with Crippen LogP contribution >= 0.6 is 11.6 Å². The molecule has 0 aliphatic carbocycles. The van der Waals surface area contributed by atoms with Crippen molar-refractivity contribution >= 4 is 27.7 Å². The number of sulfonamides is 1. The summed E-state index contributed by atoms with van der Waals surface area (Å²) in [6, 6.07) is 18.2. The first kappa shape index (κ1) is 29.1. The SMILES string of the molecule is CCCC(CCNC(=O)OC[C@H]1CCCN1S(=O)(=O)c1ccc(Cl)cc1)N(C)C.c1ccccc1. The normalized spacial score (nSPS) is 16.9. The van der Waals surface area contributed by atoms with Crippen molar-refractivity contribution in [1.29, 1.82) is 0 Å². The number of carbonyl (C=O) groups excluding carboxylic acids is 1. The molecule has 35 heavy (non-hydrogen) atoms. The lowest BCUT2D eigenvalue weighted by Crippen LogP contribution is -2.40. The molecule has 1 aliphatic rings. The van der Waals surface area contributed by atoms with Crippen LogP contribution < -0.4 is 5.32 Å². The van der Waals surface area contributed by atoms with Crippen molar-refractivity contribution in [2.45, 2.75) is 56.0 Å². The molecule has 3 rings (SSSR count). The van der Waals surface area contributed by atoms with E-state index in [1.165, 1.54) is 16.4 Å². The highest BCUT2D eigenvalue weighted by Crippen LogP contribution is 2.27. The number of rotatable bonds is 10. The average molecular weight is 524 g/mol. The molecule has 2 atom stereocenters. The van der Waals surface area contributed by atoms with Gasteiger partial charge in [0.05, 0.1) is 10.9 Å². The summed E-state index contributed by atoms with van der Waals surface area (Å²) in [7, 11) is 0.433. The lowest BCUT2D eigenvalue weighted by molar-refractivity contribution is 0.124. The number of carbonyl (C=O) groups is 1. The molecule has 1 N–H and O–H groups in total. The van der Waals surface area contributed by atoms with Crippen LogP contribution in [0.5, 0.6) is 0 Å². The molecule has 9 heteroatoms. The van der Waals surface area contributed by atoms with Gasteiger partial charge in [-0.15, -0.1) is 0 Å². The predicted octanol–water partition coefficient (Wildman–Crippen LogP) is 5.03. The summed E-state index contributed by atoms with van der Waals surface area (Å²) in [6.07, 6.45) is 3.91. The van der Waals surface area contributed by atoms with Crippen LogP contribution in [0.4, 0.5) is 4.79 Å². The predicted molar refractivity (Wildman–Crippen MR) is 141 cm³/mol. The second-order valence-corrected chi connectivity index (χ2v) is 11.1. The van der Waals surface area contributed by atoms with Crippen LogP contribution in [-0.4, -0.2) is 69.6 Å². The molecule has 1 fully saturated rings. The minimum atomic E-state index is -3.64. The van der Waals surface area contributed by atoms with E-state index in [9.17, 15) is 13.2 Å². The van der Waals surface area contributed by atoms with Gasteiger partial charge < -0.3 is 15.0 Å². The standard InChI is InChI=1S/C20H32ClN3O4S.C6H6/c1-4-6-17(23(2)3)12-13-22-20(25)28-15-18-7-5-14-24(18)29(26,27)19-10-8-16(21)9-11-19;1-2-4-6-5-3-1/h8-11,17-18H,4-7,12-15H2,1-3H3,(H,22,25);1-6H/t17?,18-;/m1./s1. The van der Waals surface area contributed by atoms with Crippen LogP contribution in [-0.2, 0) is 14.8 Å². The van der Waals surface area contributed by atoms with Crippen LogP contribution in [0.1, 0.15) is 39.0 Å². The molecule has 2 aromatic carbocycles. The molecular formula is C26H38ClN3O4S. The second kappa shape index (κ2) is 15.1. The highest BCUT2D eigenvalue weighted by molar-refractivity contribution is 7.89. The second-order valence-electron chi connectivity index (χ2n) is 8.74. The number of ether oxygens (including phenoxy) is 1. The average Bonchev–Trinajstić information content (AvgIpc) is 3.34. The van der Waals surface area contributed by atoms with Crippen LogP contribution in [0.15, 0.2) is 65.6 Å². The van der Waals surface area contributed by atoms with E-state index in [0.717, 1.165) is 25.7 Å². The molecule has 0 spiro atoms. The molecule has 0 aromatic heterocycles. The summed E-state index contributed by atoms with van der Waals surface area (Å²) in [4.78, 5) is 14.4. The van der Waals surface area contributed by atoms with Crippen molar-refractivity contribution in [3.05, 3.63) is 65.7 Å². The zero-order valence-corrected chi connectivity index (χ0v) is 22.5. The molecule has 2 aromatic rings. The van der Waals surface area contributed by atoms with Gasteiger partial charge in [-0.2, -0.15) is 4.31 Å². The molecule has 1 unspecified atom stereocenters. The van der Waals surface area contributed by atoms with Gasteiger partial charge in [0.15, 0.2) is 0 Å². The first-order valence-electron chi connectivity index (χ1n) is 12.1. The third kappa shape index (κ3) is 9.80. The van der Waals surface area contributed by atoms with Crippen LogP contribution in [0.2, 0.25) is 5.02 Å². The molecule has 1 heterocycles. The minimum Gasteiger partial charge on any atom is -0.448 e. The molecule has 7 nitrogen and oxygen atoms in total. The number of amides is 1. The Morgan fingerprint density at radius 2 is 1.71 bits per heavy atom. The van der Waals surface area contributed by atoms with Gasteiger partial charge >= 0.3 is 6.09 Å². The van der Waals surface area contributed by atoms with Crippen molar-refractivity contribution in [2.24, 2.45) is 0 Å². The smallest absolute Gasteiger partial charge is 0.407 e. The Kier molecular flexibility index (Phi) is 12.5. The lowest BCUT2D eigenvalue weighted by atomic mass is 10.1. The van der Waals surface area contributed by atoms with E-state index in [1.54, 1.807) is 12.1 Å². The maximum Gasteiger partial charge on any atom is 0.407 e. The largest absolute Gasteiger partial charge is 0.448 e. The lowest BCUT2D eigenvalue weighted by Gasteiger charge is -2.25. The summed E-state index contributed by atoms with van der Waals surface area (Å²) in [6.45, 7) is 3.13. The number of benzene rings is 2. The van der Waals surface area contributed by atoms with E-state index in [0.29, 0.717) is 30.6 Å². The Hall–Kier alpha value is -2.13. The molecule has 1 amide bonds. The van der Waals surface area contributed by atoms with Gasteiger partial charge in [-0.25, -0.2) is 13.2 Å². The molecule has 0 saturated carbocycles. The summed E-state index contributed by atoms with van der Waals surface area (Å²) in [5.74, 6) is 0. The molecular weight excluding hydrogens is 486 g/mol. The highest BCUT2D eigenvalue weighted by Gasteiger charge is 2.36. The van der Waals surface area contributed by atoms with Gasteiger partial charge in [-0.1, -0.05) is 61.3 Å². The number of nitrogens with zero attached hydrogens (tertiary/aromatic N) is 2. The van der Waals surface area contributed by atoms with Crippen molar-refractivity contribution < 1.29 is 17.9 Å². The summed E-state index contributed by atoms with van der Waals surface area (Å²) in [5, 5.41) is 3.26. The Morgan fingerprint density at radius 1 is 1.11 bits per heavy atom. The van der Waals surface area contributed by atoms with E-state index >= 15 is 0 Å². The van der Waals surface area contributed by atoms with Crippen molar-refractivity contribution in [1.82, 2.24) is 14.5 Å². The van der Waals surface area contributed by atoms with Crippen molar-refractivity contribution in [3.63, 3.8) is 0 Å². The van der Waals surface area contributed by atoms with Crippen molar-refractivity contribution in [2.75, 3.05) is 33.8 Å². The van der Waals surface area contributed by atoms with Crippen LogP contribution in [0, 0.1) is 0 Å². The van der Waals surface area contributed by atoms with E-state index < -0.39 is 16.1 Å². The number of alkyl carbamates (subject to hydrolysis) is 1. The minimum absolute atomic E-state index is 0.0464. The highest BCUT2D eigenvalue weighted by atomic mass is 35.5. The van der Waals surface area contributed by atoms with Gasteiger partial charge in [0.2, 0.25) is 10.0 Å². The Balaban J connectivity index is 0.000000625. The Bertz CT molecular complexity index is 945. The maximum absolute atomic E-state index is 12.9. The molecule has 194 valence electrons. The van der Waals surface area contributed by atoms with Gasteiger partial charge in [0.1, 0.15) is 6.61 Å². The van der Waals surface area contributed by atoms with Crippen LogP contribution in [0.3, 0.4) is 0 Å². The zero-order chi connectivity index (χ0) is 25.7. The third-order valence-corrected chi connectivity index (χ3v) is 8.13. The zero-order valence-electron chi connectivity index (χ0n) is 20.9. The first-order valence-corrected chi connectivity index (χ1v) is 13.9. The fourth-order valence-electron chi connectivity index (χ4n) is 3.98. The fourth-order valence-corrected chi connectivity index (χ4v) is 5.78. The molecule has 0 radical (unpaired) electrons. The van der Waals surface area contributed by atoms with E-state index in [2.05, 4.69) is 17.1 Å². The Labute approximate surface area is 215 Å². The summed E-state index contributed by atoms with van der Waals surface area (Å²) in [5.41, 5.74) is 0. The molecule has 1 aliphatic heterocycles. The molecule has 1 saturated heterocycles. The van der Waals surface area contributed by atoms with Gasteiger partial charge in [0, 0.05) is 24.2 Å². The maximum atomic E-state index is 12.9. The quantitative estimate of drug-likeness (QED) is 0.472. The van der Waals surface area contributed by atoms with Crippen molar-refractivity contribution in [3.8, 4) is 0 Å². The Morgan fingerprint density at radius 3 is 2.26 bits per heavy atom. The van der Waals surface area contributed by atoms with E-state index in [1.807, 2.05) is 50.5 Å². The molecule has 0 bridgehead atoms. The number of hydrogen-bond acceptors (Lipinski definition) is 5. The van der Waals surface area contributed by atoms with E-state index in [4.69, 9.17) is 16.3 Å². The topological polar surface area (TPSA) is 79.0 Å². The number of nitrogens with one attached hydrogen (secondary N) is 1. The number of hydrogen-bond donors (Lipinski definition) is 1. The third-order valence-electron chi connectivity index (χ3n) is 5.92. The summed E-state index contributed by atoms with van der Waals surface area (Å²) >= 11 is 5.86. The van der Waals surface area contributed by atoms with E-state index in [-0.39, 0.29) is 17.5 Å². The monoisotopic (exact) mass is 523 g/mol. The van der Waals surface area contributed by atoms with Gasteiger partial charge in [-0.05, 0) is 64.0 Å². The first-order chi connectivity index (χ1) is 16.8. The van der Waals surface area contributed by atoms with Gasteiger partial charge in [0.25, 0.3) is 0 Å². The van der Waals surface area contributed by atoms with Gasteiger partial charge in [-0.3, -0.25) is 0 Å². The summed E-state index contributed by atoms with van der Waals surface area (Å²) < 4.78 is 32.5. The number of halogens is 1. The van der Waals surface area contributed by atoms with Crippen LogP contribution in [0.25, 0.3) is 0 Å².